The smallest absolute Gasteiger partial charge is 0.291 e. The molecular weight excluding hydrogens is 338 g/mol. The van der Waals surface area contributed by atoms with Crippen LogP contribution in [0.4, 0.5) is 0 Å². The van der Waals surface area contributed by atoms with Gasteiger partial charge in [-0.2, -0.15) is 0 Å². The summed E-state index contributed by atoms with van der Waals surface area (Å²) in [5.41, 5.74) is 3.19. The molecule has 0 aliphatic carbocycles. The fourth-order valence-corrected chi connectivity index (χ4v) is 3.72. The Bertz CT molecular complexity index is 845. The summed E-state index contributed by atoms with van der Waals surface area (Å²) in [5.74, 6) is 0.284. The van der Waals surface area contributed by atoms with Crippen LogP contribution in [0.25, 0.3) is 0 Å². The largest absolute Gasteiger partial charge is 0.438 e. The quantitative estimate of drug-likeness (QED) is 0.713. The van der Waals surface area contributed by atoms with E-state index in [4.69, 9.17) is 4.42 Å². The van der Waals surface area contributed by atoms with Gasteiger partial charge in [0.2, 0.25) is 5.76 Å². The van der Waals surface area contributed by atoms with E-state index in [0.29, 0.717) is 24.5 Å². The maximum atomic E-state index is 12.7. The predicted molar refractivity (Wildman–Crippen MR) is 103 cm³/mol. The Labute approximate surface area is 159 Å². The van der Waals surface area contributed by atoms with Crippen LogP contribution in [-0.2, 0) is 0 Å². The Kier molecular flexibility index (Phi) is 5.03. The van der Waals surface area contributed by atoms with Gasteiger partial charge < -0.3 is 9.32 Å². The number of rotatable bonds is 4. The second kappa shape index (κ2) is 7.76. The molecule has 1 saturated heterocycles. The van der Waals surface area contributed by atoms with Gasteiger partial charge in [-0.15, -0.1) is 0 Å². The first-order chi connectivity index (χ1) is 13.2. The zero-order valence-electron chi connectivity index (χ0n) is 15.4. The lowest BCUT2D eigenvalue weighted by Crippen LogP contribution is -2.49. The molecule has 3 aromatic rings. The van der Waals surface area contributed by atoms with Crippen LogP contribution in [-0.4, -0.2) is 46.9 Å². The first kappa shape index (κ1) is 17.5. The molecule has 0 N–H and O–H groups in total. The molecule has 2 heterocycles. The van der Waals surface area contributed by atoms with E-state index in [1.807, 2.05) is 17.0 Å². The average molecular weight is 361 g/mol. The van der Waals surface area contributed by atoms with Gasteiger partial charge in [0.1, 0.15) is 0 Å². The number of benzene rings is 2. The Hall–Kier alpha value is -2.92. The SMILES string of the molecule is Cc1ncoc1C(=O)N1CCN(C(c2ccccc2)c2ccccc2)CC1. The summed E-state index contributed by atoms with van der Waals surface area (Å²) in [7, 11) is 0. The molecule has 1 amide bonds. The normalized spacial score (nSPS) is 15.3. The number of hydrogen-bond acceptors (Lipinski definition) is 4. The van der Waals surface area contributed by atoms with E-state index in [9.17, 15) is 4.79 Å². The lowest BCUT2D eigenvalue weighted by molar-refractivity contribution is 0.0567. The molecule has 1 aliphatic rings. The van der Waals surface area contributed by atoms with Gasteiger partial charge in [-0.05, 0) is 18.1 Å². The lowest BCUT2D eigenvalue weighted by Gasteiger charge is -2.39. The van der Waals surface area contributed by atoms with Crippen LogP contribution in [0.2, 0.25) is 0 Å². The van der Waals surface area contributed by atoms with Gasteiger partial charge in [0.15, 0.2) is 6.39 Å². The van der Waals surface area contributed by atoms with Crippen LogP contribution in [0.5, 0.6) is 0 Å². The fourth-order valence-electron chi connectivity index (χ4n) is 3.72. The van der Waals surface area contributed by atoms with Crippen molar-refractivity contribution in [3.8, 4) is 0 Å². The third-order valence-electron chi connectivity index (χ3n) is 5.14. The topological polar surface area (TPSA) is 49.6 Å². The number of oxazole rings is 1. The number of nitrogens with zero attached hydrogens (tertiary/aromatic N) is 3. The van der Waals surface area contributed by atoms with Crippen LogP contribution in [0, 0.1) is 6.92 Å². The molecule has 1 aromatic heterocycles. The van der Waals surface area contributed by atoms with Crippen molar-refractivity contribution >= 4 is 5.91 Å². The van der Waals surface area contributed by atoms with Gasteiger partial charge in [-0.25, -0.2) is 4.98 Å². The van der Waals surface area contributed by atoms with Crippen LogP contribution in [0.15, 0.2) is 71.5 Å². The zero-order chi connectivity index (χ0) is 18.6. The molecule has 5 nitrogen and oxygen atoms in total. The van der Waals surface area contributed by atoms with Crippen molar-refractivity contribution in [3.63, 3.8) is 0 Å². The van der Waals surface area contributed by atoms with E-state index in [2.05, 4.69) is 58.4 Å². The molecule has 0 radical (unpaired) electrons. The second-order valence-electron chi connectivity index (χ2n) is 6.82. The minimum absolute atomic E-state index is 0.0689. The van der Waals surface area contributed by atoms with E-state index in [1.54, 1.807) is 6.92 Å². The molecule has 0 unspecified atom stereocenters. The molecule has 1 aliphatic heterocycles. The maximum Gasteiger partial charge on any atom is 0.291 e. The highest BCUT2D eigenvalue weighted by atomic mass is 16.3. The van der Waals surface area contributed by atoms with Crippen LogP contribution in [0.3, 0.4) is 0 Å². The fraction of sp³-hybridized carbons (Fsp3) is 0.273. The summed E-state index contributed by atoms with van der Waals surface area (Å²) in [5, 5.41) is 0. The molecular formula is C22H23N3O2. The number of hydrogen-bond donors (Lipinski definition) is 0. The molecule has 138 valence electrons. The van der Waals surface area contributed by atoms with Gasteiger partial charge in [0.05, 0.1) is 11.7 Å². The third-order valence-corrected chi connectivity index (χ3v) is 5.14. The number of amides is 1. The minimum atomic E-state index is -0.0689. The molecule has 0 saturated carbocycles. The van der Waals surface area contributed by atoms with Crippen molar-refractivity contribution in [3.05, 3.63) is 89.6 Å². The second-order valence-corrected chi connectivity index (χ2v) is 6.82. The Balaban J connectivity index is 1.52. The van der Waals surface area contributed by atoms with Crippen molar-refractivity contribution in [1.29, 1.82) is 0 Å². The predicted octanol–water partition coefficient (Wildman–Crippen LogP) is 3.53. The van der Waals surface area contributed by atoms with Gasteiger partial charge in [-0.1, -0.05) is 60.7 Å². The maximum absolute atomic E-state index is 12.7. The molecule has 5 heteroatoms. The summed E-state index contributed by atoms with van der Waals surface area (Å²) in [6.07, 6.45) is 1.33. The first-order valence-corrected chi connectivity index (χ1v) is 9.27. The Morgan fingerprint density at radius 3 is 1.96 bits per heavy atom. The van der Waals surface area contributed by atoms with Crippen molar-refractivity contribution in [2.75, 3.05) is 26.2 Å². The molecule has 27 heavy (non-hydrogen) atoms. The standard InChI is InChI=1S/C22H23N3O2/c1-17-21(27-16-23-17)22(26)25-14-12-24(13-15-25)20(18-8-4-2-5-9-18)19-10-6-3-7-11-19/h2-11,16,20H,12-15H2,1H3. The highest BCUT2D eigenvalue weighted by Crippen LogP contribution is 2.29. The van der Waals surface area contributed by atoms with Crippen molar-refractivity contribution in [2.24, 2.45) is 0 Å². The monoisotopic (exact) mass is 361 g/mol. The third kappa shape index (κ3) is 3.64. The summed E-state index contributed by atoms with van der Waals surface area (Å²) in [6.45, 7) is 4.78. The van der Waals surface area contributed by atoms with Crippen LogP contribution in [0.1, 0.15) is 33.4 Å². The van der Waals surface area contributed by atoms with Crippen LogP contribution < -0.4 is 0 Å². The summed E-state index contributed by atoms with van der Waals surface area (Å²) < 4.78 is 5.28. The molecule has 0 bridgehead atoms. The molecule has 0 atom stereocenters. The summed E-state index contributed by atoms with van der Waals surface area (Å²) in [4.78, 5) is 21.0. The van der Waals surface area contributed by atoms with E-state index in [-0.39, 0.29) is 11.9 Å². The number of piperazine rings is 1. The van der Waals surface area contributed by atoms with Gasteiger partial charge in [-0.3, -0.25) is 9.69 Å². The molecule has 0 spiro atoms. The van der Waals surface area contributed by atoms with Crippen LogP contribution >= 0.6 is 0 Å². The van der Waals surface area contributed by atoms with Crippen molar-refractivity contribution in [1.82, 2.24) is 14.8 Å². The number of aromatic nitrogens is 1. The van der Waals surface area contributed by atoms with Crippen molar-refractivity contribution < 1.29 is 9.21 Å². The van der Waals surface area contributed by atoms with E-state index in [1.165, 1.54) is 17.5 Å². The summed E-state index contributed by atoms with van der Waals surface area (Å²) >= 11 is 0. The van der Waals surface area contributed by atoms with E-state index in [0.717, 1.165) is 13.1 Å². The molecule has 4 rings (SSSR count). The lowest BCUT2D eigenvalue weighted by atomic mass is 9.96. The Morgan fingerprint density at radius 2 is 1.48 bits per heavy atom. The first-order valence-electron chi connectivity index (χ1n) is 9.27. The van der Waals surface area contributed by atoms with Gasteiger partial charge >= 0.3 is 0 Å². The minimum Gasteiger partial charge on any atom is -0.438 e. The number of carbonyl (C=O) groups is 1. The van der Waals surface area contributed by atoms with E-state index < -0.39 is 0 Å². The molecule has 2 aromatic carbocycles. The van der Waals surface area contributed by atoms with Crippen molar-refractivity contribution in [2.45, 2.75) is 13.0 Å². The average Bonchev–Trinajstić information content (AvgIpc) is 3.16. The number of aryl methyl sites for hydroxylation is 1. The van der Waals surface area contributed by atoms with Gasteiger partial charge in [0, 0.05) is 26.2 Å². The zero-order valence-corrected chi connectivity index (χ0v) is 15.4. The number of carbonyl (C=O) groups excluding carboxylic acids is 1. The highest BCUT2D eigenvalue weighted by Gasteiger charge is 2.30. The molecule has 1 fully saturated rings. The van der Waals surface area contributed by atoms with E-state index >= 15 is 0 Å². The van der Waals surface area contributed by atoms with Gasteiger partial charge in [0.25, 0.3) is 5.91 Å². The Morgan fingerprint density at radius 1 is 0.926 bits per heavy atom. The highest BCUT2D eigenvalue weighted by molar-refractivity contribution is 5.92. The summed E-state index contributed by atoms with van der Waals surface area (Å²) in [6, 6.07) is 21.3.